The summed E-state index contributed by atoms with van der Waals surface area (Å²) in [5.74, 6) is -0.236. The first-order valence-electron chi connectivity index (χ1n) is 5.22. The van der Waals surface area contributed by atoms with Crippen LogP contribution >= 0.6 is 23.6 Å². The molecule has 0 radical (unpaired) electrons. The Morgan fingerprint density at radius 1 is 1.56 bits per heavy atom. The van der Waals surface area contributed by atoms with E-state index in [1.54, 1.807) is 0 Å². The van der Waals surface area contributed by atoms with Gasteiger partial charge in [-0.25, -0.2) is 0 Å². The van der Waals surface area contributed by atoms with Crippen LogP contribution in [0.2, 0.25) is 0 Å². The normalized spacial score (nSPS) is 10.3. The second-order valence-electron chi connectivity index (χ2n) is 3.71. The maximum absolute atomic E-state index is 11.8. The van der Waals surface area contributed by atoms with Crippen molar-refractivity contribution in [1.29, 1.82) is 0 Å². The molecule has 0 aliphatic rings. The van der Waals surface area contributed by atoms with E-state index < -0.39 is 0 Å². The largest absolute Gasteiger partial charge is 0.366 e. The molecule has 2 heterocycles. The molecule has 0 atom stereocenters. The zero-order valence-electron chi connectivity index (χ0n) is 9.57. The maximum atomic E-state index is 11.8. The summed E-state index contributed by atoms with van der Waals surface area (Å²) in [5.41, 5.74) is 0.918. The third-order valence-electron chi connectivity index (χ3n) is 2.34. The van der Waals surface area contributed by atoms with E-state index in [2.05, 4.69) is 15.3 Å². The van der Waals surface area contributed by atoms with Gasteiger partial charge < -0.3 is 15.3 Å². The summed E-state index contributed by atoms with van der Waals surface area (Å²) < 4.78 is 0.646. The fraction of sp³-hybridized carbons (Fsp3) is 0.182. The van der Waals surface area contributed by atoms with Gasteiger partial charge >= 0.3 is 0 Å². The Bertz CT molecular complexity index is 684. The minimum atomic E-state index is -0.236. The summed E-state index contributed by atoms with van der Waals surface area (Å²) in [4.78, 5) is 29.8. The van der Waals surface area contributed by atoms with Crippen LogP contribution in [0.3, 0.4) is 0 Å². The first kappa shape index (κ1) is 12.7. The van der Waals surface area contributed by atoms with Gasteiger partial charge in [-0.2, -0.15) is 0 Å². The van der Waals surface area contributed by atoms with Crippen molar-refractivity contribution >= 4 is 35.1 Å². The van der Waals surface area contributed by atoms with Crippen molar-refractivity contribution in [2.75, 3.05) is 5.32 Å². The van der Waals surface area contributed by atoms with Gasteiger partial charge in [0.25, 0.3) is 0 Å². The summed E-state index contributed by atoms with van der Waals surface area (Å²) in [6, 6.07) is 1.36. The number of carbonyl (C=O) groups excluding carboxylic acids is 1. The van der Waals surface area contributed by atoms with Crippen LogP contribution in [0, 0.1) is 10.9 Å². The molecule has 0 unspecified atom stereocenters. The van der Waals surface area contributed by atoms with Crippen molar-refractivity contribution in [3.8, 4) is 0 Å². The number of amides is 1. The van der Waals surface area contributed by atoms with E-state index in [9.17, 15) is 9.59 Å². The van der Waals surface area contributed by atoms with E-state index >= 15 is 0 Å². The van der Waals surface area contributed by atoms with Crippen LogP contribution in [-0.4, -0.2) is 15.9 Å². The Balaban J connectivity index is 2.10. The Labute approximate surface area is 112 Å². The molecule has 0 fully saturated rings. The summed E-state index contributed by atoms with van der Waals surface area (Å²) >= 11 is 6.37. The molecule has 0 bridgehead atoms. The number of hydrogen-bond donors (Lipinski definition) is 3. The van der Waals surface area contributed by atoms with Gasteiger partial charge in [-0.15, -0.1) is 11.3 Å². The summed E-state index contributed by atoms with van der Waals surface area (Å²) in [7, 11) is 0. The minimum absolute atomic E-state index is 0.206. The quantitative estimate of drug-likeness (QED) is 0.753. The maximum Gasteiger partial charge on any atom is 0.229 e. The van der Waals surface area contributed by atoms with Crippen molar-refractivity contribution in [2.45, 2.75) is 13.3 Å². The van der Waals surface area contributed by atoms with Gasteiger partial charge in [-0.05, 0) is 19.1 Å². The molecule has 94 valence electrons. The number of anilines is 1. The predicted octanol–water partition coefficient (Wildman–Crippen LogP) is 1.98. The molecule has 1 amide bonds. The second kappa shape index (κ2) is 5.28. The van der Waals surface area contributed by atoms with Crippen LogP contribution in [0.1, 0.15) is 10.6 Å². The molecular weight excluding hydrogens is 270 g/mol. The molecule has 18 heavy (non-hydrogen) atoms. The van der Waals surface area contributed by atoms with Crippen molar-refractivity contribution < 1.29 is 4.79 Å². The van der Waals surface area contributed by atoms with Gasteiger partial charge in [-0.1, -0.05) is 0 Å². The molecule has 5 nitrogen and oxygen atoms in total. The zero-order chi connectivity index (χ0) is 13.1. The molecule has 2 aromatic rings. The smallest absolute Gasteiger partial charge is 0.229 e. The highest BCUT2D eigenvalue weighted by Crippen LogP contribution is 2.15. The van der Waals surface area contributed by atoms with Gasteiger partial charge in [0.1, 0.15) is 5.69 Å². The van der Waals surface area contributed by atoms with Crippen LogP contribution in [0.5, 0.6) is 0 Å². The van der Waals surface area contributed by atoms with Crippen LogP contribution in [-0.2, 0) is 11.2 Å². The summed E-state index contributed by atoms with van der Waals surface area (Å²) in [5, 5.41) is 2.57. The zero-order valence-corrected chi connectivity index (χ0v) is 11.2. The van der Waals surface area contributed by atoms with E-state index in [-0.39, 0.29) is 23.4 Å². The van der Waals surface area contributed by atoms with E-state index in [0.29, 0.717) is 3.95 Å². The Hall–Kier alpha value is -1.73. The highest BCUT2D eigenvalue weighted by atomic mass is 32.1. The number of aryl methyl sites for hydroxylation is 1. The SMILES string of the molecule is Cc1[nH]c(=S)sc1CC(=O)Nc1c[nH]ccc1=O. The monoisotopic (exact) mass is 281 g/mol. The molecule has 0 aliphatic carbocycles. The second-order valence-corrected chi connectivity index (χ2v) is 5.48. The fourth-order valence-electron chi connectivity index (χ4n) is 1.46. The van der Waals surface area contributed by atoms with Gasteiger partial charge in [0, 0.05) is 29.0 Å². The topological polar surface area (TPSA) is 77.8 Å². The number of carbonyl (C=O) groups is 1. The lowest BCUT2D eigenvalue weighted by Crippen LogP contribution is -2.19. The lowest BCUT2D eigenvalue weighted by molar-refractivity contribution is -0.115. The first-order valence-corrected chi connectivity index (χ1v) is 6.44. The summed E-state index contributed by atoms with van der Waals surface area (Å²) in [6.45, 7) is 1.87. The number of rotatable bonds is 3. The van der Waals surface area contributed by atoms with Gasteiger partial charge in [0.2, 0.25) is 11.3 Å². The van der Waals surface area contributed by atoms with Crippen molar-refractivity contribution in [3.05, 3.63) is 43.2 Å². The lowest BCUT2D eigenvalue weighted by atomic mass is 10.3. The number of H-pyrrole nitrogens is 2. The number of aromatic nitrogens is 2. The van der Waals surface area contributed by atoms with Crippen LogP contribution in [0.25, 0.3) is 0 Å². The van der Waals surface area contributed by atoms with Gasteiger partial charge in [-0.3, -0.25) is 9.59 Å². The van der Waals surface area contributed by atoms with Crippen molar-refractivity contribution in [2.24, 2.45) is 0 Å². The Morgan fingerprint density at radius 2 is 2.33 bits per heavy atom. The Kier molecular flexibility index (Phi) is 3.73. The molecule has 2 rings (SSSR count). The van der Waals surface area contributed by atoms with Gasteiger partial charge in [0.15, 0.2) is 3.95 Å². The number of thiazole rings is 1. The molecule has 2 aromatic heterocycles. The van der Waals surface area contributed by atoms with E-state index in [0.717, 1.165) is 10.6 Å². The van der Waals surface area contributed by atoms with Crippen LogP contribution in [0.4, 0.5) is 5.69 Å². The molecular formula is C11H11N3O2S2. The number of nitrogens with one attached hydrogen (secondary N) is 3. The average molecular weight is 281 g/mol. The highest BCUT2D eigenvalue weighted by Gasteiger charge is 2.10. The molecule has 3 N–H and O–H groups in total. The number of pyridine rings is 1. The third kappa shape index (κ3) is 2.93. The van der Waals surface area contributed by atoms with Crippen LogP contribution in [0.15, 0.2) is 23.3 Å². The van der Waals surface area contributed by atoms with E-state index in [1.165, 1.54) is 29.8 Å². The third-order valence-corrected chi connectivity index (χ3v) is 3.68. The molecule has 0 aromatic carbocycles. The number of aromatic amines is 2. The standard InChI is InChI=1S/C11H11N3O2S2/c1-6-9(18-11(17)13-6)4-10(16)14-7-5-12-3-2-8(7)15/h2-3,5H,4H2,1H3,(H,12,15)(H,13,17)(H,14,16). The molecule has 7 heteroatoms. The molecule has 0 aliphatic heterocycles. The van der Waals surface area contributed by atoms with E-state index in [4.69, 9.17) is 12.2 Å². The Morgan fingerprint density at radius 3 is 2.94 bits per heavy atom. The van der Waals surface area contributed by atoms with Crippen molar-refractivity contribution in [3.63, 3.8) is 0 Å². The van der Waals surface area contributed by atoms with Crippen molar-refractivity contribution in [1.82, 2.24) is 9.97 Å². The van der Waals surface area contributed by atoms with E-state index in [1.807, 2.05) is 6.92 Å². The van der Waals surface area contributed by atoms with Crippen LogP contribution < -0.4 is 10.7 Å². The first-order chi connectivity index (χ1) is 8.56. The number of hydrogen-bond acceptors (Lipinski definition) is 4. The molecule has 0 spiro atoms. The minimum Gasteiger partial charge on any atom is -0.366 e. The summed E-state index contributed by atoms with van der Waals surface area (Å²) in [6.07, 6.45) is 3.18. The molecule has 0 saturated heterocycles. The highest BCUT2D eigenvalue weighted by molar-refractivity contribution is 7.73. The lowest BCUT2D eigenvalue weighted by Gasteiger charge is -2.03. The fourth-order valence-corrected chi connectivity index (χ4v) is 2.75. The molecule has 0 saturated carbocycles. The average Bonchev–Trinajstić information content (AvgIpc) is 2.61. The predicted molar refractivity (Wildman–Crippen MR) is 73.6 cm³/mol. The van der Waals surface area contributed by atoms with Gasteiger partial charge in [0.05, 0.1) is 6.42 Å².